The molecule has 1 amide bonds. The Bertz CT molecular complexity index is 1230. The van der Waals surface area contributed by atoms with Crippen molar-refractivity contribution in [3.8, 4) is 11.4 Å². The number of aromatic nitrogens is 4. The molecule has 3 aromatic heterocycles. The van der Waals surface area contributed by atoms with E-state index >= 15 is 0 Å². The molecule has 8 nitrogen and oxygen atoms in total. The summed E-state index contributed by atoms with van der Waals surface area (Å²) in [5, 5.41) is 8.88. The number of aryl methyl sites for hydroxylation is 1. The van der Waals surface area contributed by atoms with Crippen LogP contribution in [0.4, 0.5) is 0 Å². The third-order valence-electron chi connectivity index (χ3n) is 4.84. The van der Waals surface area contributed by atoms with Crippen LogP contribution in [0.25, 0.3) is 22.4 Å². The van der Waals surface area contributed by atoms with E-state index < -0.39 is 0 Å². The van der Waals surface area contributed by atoms with Crippen molar-refractivity contribution in [3.05, 3.63) is 57.0 Å². The normalized spacial score (nSPS) is 11.5. The first-order valence-corrected chi connectivity index (χ1v) is 10.7. The van der Waals surface area contributed by atoms with Crippen LogP contribution in [0, 0.1) is 6.92 Å². The number of hydrogen-bond donors (Lipinski definition) is 1. The summed E-state index contributed by atoms with van der Waals surface area (Å²) in [4.78, 5) is 31.1. The molecule has 0 spiro atoms. The second-order valence-electron chi connectivity index (χ2n) is 7.35. The number of nitrogens with zero attached hydrogens (tertiary/aromatic N) is 4. The van der Waals surface area contributed by atoms with Gasteiger partial charge in [-0.25, -0.2) is 4.79 Å². The largest absolute Gasteiger partial charge is 0.354 e. The first kappa shape index (κ1) is 20.1. The molecule has 9 heteroatoms. The zero-order valence-electron chi connectivity index (χ0n) is 17.1. The maximum atomic E-state index is 13.1. The number of imidazole rings is 1. The minimum atomic E-state index is -0.213. The Balaban J connectivity index is 1.64. The predicted molar refractivity (Wildman–Crippen MR) is 116 cm³/mol. The Labute approximate surface area is 177 Å². The van der Waals surface area contributed by atoms with Gasteiger partial charge in [-0.05, 0) is 49.9 Å². The third kappa shape index (κ3) is 3.93. The van der Waals surface area contributed by atoms with Crippen molar-refractivity contribution in [2.45, 2.75) is 39.8 Å². The molecule has 0 fully saturated rings. The van der Waals surface area contributed by atoms with Gasteiger partial charge in [-0.2, -0.15) is 4.98 Å². The third-order valence-corrected chi connectivity index (χ3v) is 5.78. The fraction of sp³-hybridized carbons (Fsp3) is 0.333. The van der Waals surface area contributed by atoms with Gasteiger partial charge in [0.1, 0.15) is 6.54 Å². The molecule has 0 saturated carbocycles. The van der Waals surface area contributed by atoms with Crippen LogP contribution in [0.3, 0.4) is 0 Å². The highest BCUT2D eigenvalue weighted by Gasteiger charge is 2.19. The fourth-order valence-electron chi connectivity index (χ4n) is 3.47. The minimum Gasteiger partial charge on any atom is -0.354 e. The summed E-state index contributed by atoms with van der Waals surface area (Å²) in [5.41, 5.74) is 1.95. The van der Waals surface area contributed by atoms with E-state index in [-0.39, 0.29) is 24.2 Å². The molecule has 4 aromatic rings. The highest BCUT2D eigenvalue weighted by atomic mass is 32.1. The van der Waals surface area contributed by atoms with Gasteiger partial charge < -0.3 is 9.84 Å². The van der Waals surface area contributed by atoms with Crippen molar-refractivity contribution in [1.29, 1.82) is 0 Å². The molecule has 30 heavy (non-hydrogen) atoms. The number of hydrogen-bond acceptors (Lipinski definition) is 6. The highest BCUT2D eigenvalue weighted by Crippen LogP contribution is 2.24. The SMILES string of the molecule is Cc1nc(-c2ccc3c(c2)n(CC(=O)NCCc2cccs2)c(=O)n3C(C)C)no1. The lowest BCUT2D eigenvalue weighted by Crippen LogP contribution is -2.34. The van der Waals surface area contributed by atoms with Gasteiger partial charge >= 0.3 is 5.69 Å². The molecule has 156 valence electrons. The van der Waals surface area contributed by atoms with Crippen molar-refractivity contribution in [2.75, 3.05) is 6.54 Å². The maximum Gasteiger partial charge on any atom is 0.329 e. The smallest absolute Gasteiger partial charge is 0.329 e. The average Bonchev–Trinajstić information content (AvgIpc) is 3.42. The van der Waals surface area contributed by atoms with Crippen LogP contribution in [0.2, 0.25) is 0 Å². The number of nitrogens with one attached hydrogen (secondary N) is 1. The minimum absolute atomic E-state index is 0.0404. The number of fused-ring (bicyclic) bond motifs is 1. The lowest BCUT2D eigenvalue weighted by molar-refractivity contribution is -0.121. The fourth-order valence-corrected chi connectivity index (χ4v) is 4.18. The van der Waals surface area contributed by atoms with Gasteiger partial charge in [-0.15, -0.1) is 11.3 Å². The summed E-state index contributed by atoms with van der Waals surface area (Å²) in [6.45, 7) is 6.10. The molecule has 0 unspecified atom stereocenters. The molecule has 0 aliphatic heterocycles. The van der Waals surface area contributed by atoms with Gasteiger partial charge in [0, 0.05) is 30.0 Å². The Morgan fingerprint density at radius 2 is 2.10 bits per heavy atom. The summed E-state index contributed by atoms with van der Waals surface area (Å²) in [6.07, 6.45) is 0.771. The first-order chi connectivity index (χ1) is 14.4. The Kier molecular flexibility index (Phi) is 5.54. The number of thiophene rings is 1. The van der Waals surface area contributed by atoms with E-state index in [9.17, 15) is 9.59 Å². The molecule has 3 heterocycles. The number of carbonyl (C=O) groups is 1. The van der Waals surface area contributed by atoms with Crippen molar-refractivity contribution in [3.63, 3.8) is 0 Å². The number of amides is 1. The second kappa shape index (κ2) is 8.27. The molecule has 0 saturated heterocycles. The maximum absolute atomic E-state index is 13.1. The molecule has 0 radical (unpaired) electrons. The monoisotopic (exact) mass is 425 g/mol. The summed E-state index contributed by atoms with van der Waals surface area (Å²) in [7, 11) is 0. The molecule has 0 bridgehead atoms. The van der Waals surface area contributed by atoms with Gasteiger partial charge in [0.2, 0.25) is 17.6 Å². The molecule has 0 atom stereocenters. The molecule has 0 aliphatic carbocycles. The van der Waals surface area contributed by atoms with Crippen molar-refractivity contribution in [1.82, 2.24) is 24.6 Å². The van der Waals surface area contributed by atoms with E-state index in [1.165, 1.54) is 9.44 Å². The molecule has 0 aliphatic rings. The quantitative estimate of drug-likeness (QED) is 0.491. The first-order valence-electron chi connectivity index (χ1n) is 9.78. The highest BCUT2D eigenvalue weighted by molar-refractivity contribution is 7.09. The standard InChI is InChI=1S/C21H23N5O3S/c1-13(2)26-17-7-6-15(20-23-14(3)29-24-20)11-18(17)25(21(26)28)12-19(27)22-9-8-16-5-4-10-30-16/h4-7,10-11,13H,8-9,12H2,1-3H3,(H,22,27). The van der Waals surface area contributed by atoms with E-state index in [2.05, 4.69) is 15.5 Å². The zero-order chi connectivity index (χ0) is 21.3. The van der Waals surface area contributed by atoms with Crippen LogP contribution in [0.5, 0.6) is 0 Å². The molecule has 1 aromatic carbocycles. The topological polar surface area (TPSA) is 95.0 Å². The average molecular weight is 426 g/mol. The van der Waals surface area contributed by atoms with Crippen LogP contribution in [-0.4, -0.2) is 31.7 Å². The number of carbonyl (C=O) groups excluding carboxylic acids is 1. The van der Waals surface area contributed by atoms with Crippen LogP contribution >= 0.6 is 11.3 Å². The van der Waals surface area contributed by atoms with Gasteiger partial charge in [0.15, 0.2) is 0 Å². The lowest BCUT2D eigenvalue weighted by Gasteiger charge is -2.06. The Morgan fingerprint density at radius 1 is 1.27 bits per heavy atom. The van der Waals surface area contributed by atoms with E-state index in [1.54, 1.807) is 22.8 Å². The number of benzene rings is 1. The predicted octanol–water partition coefficient (Wildman–Crippen LogP) is 3.16. The second-order valence-corrected chi connectivity index (χ2v) is 8.38. The van der Waals surface area contributed by atoms with Crippen molar-refractivity contribution in [2.24, 2.45) is 0 Å². The van der Waals surface area contributed by atoms with E-state index in [4.69, 9.17) is 4.52 Å². The summed E-state index contributed by atoms with van der Waals surface area (Å²) in [6, 6.07) is 9.54. The van der Waals surface area contributed by atoms with Crippen LogP contribution in [-0.2, 0) is 17.8 Å². The zero-order valence-corrected chi connectivity index (χ0v) is 17.9. The van der Waals surface area contributed by atoms with Gasteiger partial charge in [0.25, 0.3) is 0 Å². The van der Waals surface area contributed by atoms with Crippen molar-refractivity contribution >= 4 is 28.3 Å². The van der Waals surface area contributed by atoms with Gasteiger partial charge in [-0.1, -0.05) is 11.2 Å². The Morgan fingerprint density at radius 3 is 2.77 bits per heavy atom. The van der Waals surface area contributed by atoms with Crippen molar-refractivity contribution < 1.29 is 9.32 Å². The van der Waals surface area contributed by atoms with Gasteiger partial charge in [-0.3, -0.25) is 13.9 Å². The summed E-state index contributed by atoms with van der Waals surface area (Å²) in [5.74, 6) is 0.718. The van der Waals surface area contributed by atoms with Crippen LogP contribution in [0.15, 0.2) is 45.0 Å². The molecular formula is C21H23N5O3S. The van der Waals surface area contributed by atoms with E-state index in [0.717, 1.165) is 17.5 Å². The summed E-state index contributed by atoms with van der Waals surface area (Å²) >= 11 is 1.66. The van der Waals surface area contributed by atoms with Crippen LogP contribution < -0.4 is 11.0 Å². The van der Waals surface area contributed by atoms with E-state index in [1.807, 2.05) is 49.6 Å². The van der Waals surface area contributed by atoms with Crippen LogP contribution in [0.1, 0.15) is 30.7 Å². The number of rotatable bonds is 7. The van der Waals surface area contributed by atoms with E-state index in [0.29, 0.717) is 23.8 Å². The van der Waals surface area contributed by atoms with Gasteiger partial charge in [0.05, 0.1) is 11.0 Å². The molecular weight excluding hydrogens is 402 g/mol. The molecule has 4 rings (SSSR count). The Hall–Kier alpha value is -3.20. The summed E-state index contributed by atoms with van der Waals surface area (Å²) < 4.78 is 8.27. The lowest BCUT2D eigenvalue weighted by atomic mass is 10.2. The molecule has 1 N–H and O–H groups in total.